The molecule has 1 aliphatic rings. The molecule has 3 aromatic carbocycles. The van der Waals surface area contributed by atoms with Gasteiger partial charge in [0.05, 0.1) is 11.7 Å². The molecule has 0 aromatic heterocycles. The number of carbonyl (C=O) groups excluding carboxylic acids is 4. The number of aromatic carboxylic acids is 1. The Morgan fingerprint density at radius 1 is 0.857 bits per heavy atom. The van der Waals surface area contributed by atoms with Crippen molar-refractivity contribution < 1.29 is 24.3 Å². The lowest BCUT2D eigenvalue weighted by Gasteiger charge is -2.16. The van der Waals surface area contributed by atoms with Crippen molar-refractivity contribution in [2.75, 3.05) is 15.5 Å². The highest BCUT2D eigenvalue weighted by atomic mass is 35.5. The zero-order valence-corrected chi connectivity index (χ0v) is 19.6. The van der Waals surface area contributed by atoms with Crippen LogP contribution in [-0.4, -0.2) is 23.7 Å². The van der Waals surface area contributed by atoms with Gasteiger partial charge in [-0.2, -0.15) is 0 Å². The molecule has 8 nitrogen and oxygen atoms in total. The Hall–Kier alpha value is -4.14. The summed E-state index contributed by atoms with van der Waals surface area (Å²) in [6, 6.07) is 16.4. The van der Waals surface area contributed by atoms with E-state index in [0.29, 0.717) is 27.6 Å². The van der Waals surface area contributed by atoms with Gasteiger partial charge in [0, 0.05) is 22.0 Å². The van der Waals surface area contributed by atoms with E-state index in [1.54, 1.807) is 31.2 Å². The van der Waals surface area contributed by atoms with E-state index < -0.39 is 23.7 Å². The maximum atomic E-state index is 13.0. The van der Waals surface area contributed by atoms with Crippen molar-refractivity contribution in [3.63, 3.8) is 0 Å². The molecular formula is C25H16Cl2N3O5-. The highest BCUT2D eigenvalue weighted by Crippen LogP contribution is 2.31. The fourth-order valence-corrected chi connectivity index (χ4v) is 3.70. The van der Waals surface area contributed by atoms with Gasteiger partial charge in [-0.05, 0) is 66.6 Å². The van der Waals surface area contributed by atoms with Gasteiger partial charge in [0.2, 0.25) is 0 Å². The highest BCUT2D eigenvalue weighted by molar-refractivity contribution is 6.53. The zero-order valence-electron chi connectivity index (χ0n) is 18.1. The van der Waals surface area contributed by atoms with Crippen molar-refractivity contribution >= 4 is 64.0 Å². The second-order valence-electron chi connectivity index (χ2n) is 7.58. The molecule has 0 unspecified atom stereocenters. The molecule has 35 heavy (non-hydrogen) atoms. The van der Waals surface area contributed by atoms with Crippen molar-refractivity contribution in [1.29, 1.82) is 0 Å². The van der Waals surface area contributed by atoms with Crippen molar-refractivity contribution in [2.24, 2.45) is 0 Å². The zero-order chi connectivity index (χ0) is 25.3. The lowest BCUT2D eigenvalue weighted by molar-refractivity contribution is -0.255. The number of imide groups is 1. The Morgan fingerprint density at radius 3 is 2.11 bits per heavy atom. The van der Waals surface area contributed by atoms with E-state index in [1.807, 2.05) is 0 Å². The average molecular weight is 509 g/mol. The number of halogens is 2. The number of benzene rings is 3. The Kier molecular flexibility index (Phi) is 6.59. The minimum absolute atomic E-state index is 0.0154. The number of hydrogen-bond acceptors (Lipinski definition) is 6. The number of carbonyl (C=O) groups is 4. The molecule has 176 valence electrons. The monoisotopic (exact) mass is 508 g/mol. The van der Waals surface area contributed by atoms with Gasteiger partial charge in [0.1, 0.15) is 10.7 Å². The number of amides is 3. The predicted molar refractivity (Wildman–Crippen MR) is 130 cm³/mol. The molecule has 0 radical (unpaired) electrons. The number of nitrogens with one attached hydrogen (secondary N) is 2. The van der Waals surface area contributed by atoms with Gasteiger partial charge in [-0.25, -0.2) is 4.90 Å². The van der Waals surface area contributed by atoms with Crippen LogP contribution in [0.2, 0.25) is 5.02 Å². The molecule has 4 rings (SSSR count). The van der Waals surface area contributed by atoms with Crippen LogP contribution in [0.5, 0.6) is 0 Å². The number of aryl methyl sites for hydroxylation is 1. The van der Waals surface area contributed by atoms with E-state index in [1.165, 1.54) is 42.5 Å². The van der Waals surface area contributed by atoms with E-state index in [9.17, 15) is 24.3 Å². The average Bonchev–Trinajstić information content (AvgIpc) is 3.04. The minimum Gasteiger partial charge on any atom is -0.545 e. The van der Waals surface area contributed by atoms with Crippen molar-refractivity contribution in [3.8, 4) is 0 Å². The molecule has 10 heteroatoms. The SMILES string of the molecule is Cc1ccc(C(=O)Nc2ccc(C(=O)[O-])cc2)cc1NC1=C(Cl)C(=O)N(c2ccc(Cl)cc2)C1=O. The van der Waals surface area contributed by atoms with Gasteiger partial charge in [0.15, 0.2) is 0 Å². The third kappa shape index (κ3) is 4.89. The van der Waals surface area contributed by atoms with Crippen LogP contribution in [0, 0.1) is 6.92 Å². The maximum Gasteiger partial charge on any atom is 0.283 e. The number of carboxylic acids is 1. The third-order valence-corrected chi connectivity index (χ3v) is 5.85. The van der Waals surface area contributed by atoms with Gasteiger partial charge in [-0.15, -0.1) is 0 Å². The summed E-state index contributed by atoms with van der Waals surface area (Å²) in [4.78, 5) is 50.2. The van der Waals surface area contributed by atoms with Crippen LogP contribution in [0.25, 0.3) is 0 Å². The summed E-state index contributed by atoms with van der Waals surface area (Å²) in [6.07, 6.45) is 0. The topological polar surface area (TPSA) is 119 Å². The minimum atomic E-state index is -1.32. The molecule has 0 spiro atoms. The van der Waals surface area contributed by atoms with Gasteiger partial charge in [-0.1, -0.05) is 41.4 Å². The maximum absolute atomic E-state index is 13.0. The number of hydrogen-bond donors (Lipinski definition) is 2. The first kappa shape index (κ1) is 24.0. The summed E-state index contributed by atoms with van der Waals surface area (Å²) in [5.74, 6) is -3.12. The molecule has 0 atom stereocenters. The summed E-state index contributed by atoms with van der Waals surface area (Å²) in [6.45, 7) is 1.76. The normalized spacial score (nSPS) is 13.3. The van der Waals surface area contributed by atoms with Gasteiger partial charge < -0.3 is 20.5 Å². The number of nitrogens with zero attached hydrogens (tertiary/aromatic N) is 1. The second-order valence-corrected chi connectivity index (χ2v) is 8.40. The predicted octanol–water partition coefficient (Wildman–Crippen LogP) is 3.70. The van der Waals surface area contributed by atoms with E-state index in [0.717, 1.165) is 4.90 Å². The Bertz CT molecular complexity index is 1400. The van der Waals surface area contributed by atoms with Crippen molar-refractivity contribution in [1.82, 2.24) is 0 Å². The largest absolute Gasteiger partial charge is 0.545 e. The molecule has 0 saturated heterocycles. The van der Waals surface area contributed by atoms with Gasteiger partial charge >= 0.3 is 0 Å². The summed E-state index contributed by atoms with van der Waals surface area (Å²) in [5.41, 5.74) is 1.91. The summed E-state index contributed by atoms with van der Waals surface area (Å²) in [7, 11) is 0. The van der Waals surface area contributed by atoms with Crippen molar-refractivity contribution in [3.05, 3.63) is 99.2 Å². The Labute approximate surface area is 209 Å². The second kappa shape index (κ2) is 9.61. The smallest absolute Gasteiger partial charge is 0.283 e. The molecule has 3 aromatic rings. The Morgan fingerprint density at radius 2 is 1.49 bits per heavy atom. The Balaban J connectivity index is 1.55. The summed E-state index contributed by atoms with van der Waals surface area (Å²) >= 11 is 12.1. The number of anilines is 3. The van der Waals surface area contributed by atoms with Gasteiger partial charge in [0.25, 0.3) is 17.7 Å². The van der Waals surface area contributed by atoms with Crippen LogP contribution in [0.3, 0.4) is 0 Å². The quantitative estimate of drug-likeness (QED) is 0.490. The van der Waals surface area contributed by atoms with Crippen LogP contribution in [-0.2, 0) is 9.59 Å². The van der Waals surface area contributed by atoms with Crippen LogP contribution in [0.1, 0.15) is 26.3 Å². The third-order valence-electron chi connectivity index (χ3n) is 5.25. The first-order chi connectivity index (χ1) is 16.7. The van der Waals surface area contributed by atoms with Crippen molar-refractivity contribution in [2.45, 2.75) is 6.92 Å². The van der Waals surface area contributed by atoms with E-state index in [4.69, 9.17) is 23.2 Å². The van der Waals surface area contributed by atoms with Gasteiger partial charge in [-0.3, -0.25) is 14.4 Å². The van der Waals surface area contributed by atoms with E-state index >= 15 is 0 Å². The number of carboxylic acid groups (broad SMARTS) is 1. The fourth-order valence-electron chi connectivity index (χ4n) is 3.36. The molecular weight excluding hydrogens is 493 g/mol. The molecule has 2 N–H and O–H groups in total. The molecule has 0 fully saturated rings. The lowest BCUT2D eigenvalue weighted by Crippen LogP contribution is -2.32. The molecule has 3 amide bonds. The lowest BCUT2D eigenvalue weighted by atomic mass is 10.1. The van der Waals surface area contributed by atoms with Crippen LogP contribution in [0.15, 0.2) is 77.5 Å². The first-order valence-corrected chi connectivity index (χ1v) is 11.0. The summed E-state index contributed by atoms with van der Waals surface area (Å²) in [5, 5.41) is 16.6. The fraction of sp³-hybridized carbons (Fsp3) is 0.0400. The molecule has 1 aliphatic heterocycles. The molecule has 0 bridgehead atoms. The standard InChI is InChI=1S/C25H17Cl2N3O5/c1-13-2-3-15(22(31)28-17-8-4-14(5-9-17)25(34)35)12-19(13)29-21-20(27)23(32)30(24(21)33)18-10-6-16(26)7-11-18/h2-12,29H,1H3,(H,28,31)(H,34,35)/p-1. The summed E-state index contributed by atoms with van der Waals surface area (Å²) < 4.78 is 0. The van der Waals surface area contributed by atoms with Crippen LogP contribution in [0.4, 0.5) is 17.1 Å². The van der Waals surface area contributed by atoms with Crippen LogP contribution >= 0.6 is 23.2 Å². The number of rotatable bonds is 6. The molecule has 0 saturated carbocycles. The molecule has 1 heterocycles. The van der Waals surface area contributed by atoms with Crippen LogP contribution < -0.4 is 20.6 Å². The highest BCUT2D eigenvalue weighted by Gasteiger charge is 2.39. The molecule has 0 aliphatic carbocycles. The van der Waals surface area contributed by atoms with E-state index in [-0.39, 0.29) is 21.9 Å². The van der Waals surface area contributed by atoms with E-state index in [2.05, 4.69) is 10.6 Å². The first-order valence-electron chi connectivity index (χ1n) is 10.2.